The van der Waals surface area contributed by atoms with Crippen molar-refractivity contribution in [3.8, 4) is 0 Å². The maximum Gasteiger partial charge on any atom is 0.254 e. The fraction of sp³-hybridized carbons (Fsp3) is 0.565. The molecule has 2 aromatic rings. The van der Waals surface area contributed by atoms with Gasteiger partial charge in [0.1, 0.15) is 12.3 Å². The second kappa shape index (κ2) is 10.0. The Morgan fingerprint density at radius 3 is 2.55 bits per heavy atom. The number of carbonyl (C=O) groups is 2. The first-order valence-corrected chi connectivity index (χ1v) is 10.8. The van der Waals surface area contributed by atoms with Crippen LogP contribution in [-0.2, 0) is 16.0 Å². The fourth-order valence-electron chi connectivity index (χ4n) is 4.28. The quantitative estimate of drug-likeness (QED) is 0.669. The molecule has 0 unspecified atom stereocenters. The van der Waals surface area contributed by atoms with Gasteiger partial charge in [-0.25, -0.2) is 5.01 Å². The minimum Gasteiger partial charge on any atom is -0.361 e. The van der Waals surface area contributed by atoms with E-state index in [1.807, 2.05) is 30.5 Å². The summed E-state index contributed by atoms with van der Waals surface area (Å²) < 4.78 is 0. The maximum absolute atomic E-state index is 13.4. The van der Waals surface area contributed by atoms with E-state index >= 15 is 0 Å². The molecule has 3 N–H and O–H groups in total. The maximum atomic E-state index is 13.4. The first kappa shape index (κ1) is 21.5. The number of aromatic nitrogens is 1. The van der Waals surface area contributed by atoms with Crippen LogP contribution in [0.1, 0.15) is 51.5 Å². The van der Waals surface area contributed by atoms with E-state index in [0.717, 1.165) is 61.5 Å². The molecular weight excluding hydrogens is 364 g/mol. The van der Waals surface area contributed by atoms with E-state index < -0.39 is 12.1 Å². The number of amides is 1. The second-order valence-electron chi connectivity index (χ2n) is 8.55. The summed E-state index contributed by atoms with van der Waals surface area (Å²) in [5, 5.41) is 4.85. The van der Waals surface area contributed by atoms with Crippen molar-refractivity contribution in [3.63, 3.8) is 0 Å². The molecule has 0 aliphatic carbocycles. The van der Waals surface area contributed by atoms with Gasteiger partial charge >= 0.3 is 0 Å². The number of hydrogen-bond donors (Lipinski definition) is 2. The molecule has 1 aliphatic rings. The van der Waals surface area contributed by atoms with Crippen molar-refractivity contribution in [2.75, 3.05) is 13.1 Å². The molecular formula is C23H34N4O2. The summed E-state index contributed by atoms with van der Waals surface area (Å²) in [7, 11) is 0. The van der Waals surface area contributed by atoms with Crippen LogP contribution in [0.25, 0.3) is 10.9 Å². The average Bonchev–Trinajstić information content (AvgIpc) is 2.92. The molecule has 1 saturated heterocycles. The van der Waals surface area contributed by atoms with Crippen molar-refractivity contribution in [3.05, 3.63) is 36.0 Å². The molecule has 3 rings (SSSR count). The number of rotatable bonds is 8. The third-order valence-electron chi connectivity index (χ3n) is 5.73. The third-order valence-corrected chi connectivity index (χ3v) is 5.73. The molecule has 2 heterocycles. The van der Waals surface area contributed by atoms with Crippen molar-refractivity contribution in [2.24, 2.45) is 11.7 Å². The number of carbonyl (C=O) groups excluding carboxylic acids is 2. The Balaban J connectivity index is 1.89. The lowest BCUT2D eigenvalue weighted by Crippen LogP contribution is -2.58. The number of nitrogens with one attached hydrogen (secondary N) is 1. The van der Waals surface area contributed by atoms with E-state index in [-0.39, 0.29) is 5.91 Å². The van der Waals surface area contributed by atoms with Crippen LogP contribution in [-0.4, -0.2) is 52.4 Å². The van der Waals surface area contributed by atoms with Gasteiger partial charge in [-0.2, -0.15) is 0 Å². The fourth-order valence-corrected chi connectivity index (χ4v) is 4.28. The Hall–Kier alpha value is -2.18. The molecule has 29 heavy (non-hydrogen) atoms. The minimum absolute atomic E-state index is 0.141. The molecule has 1 aromatic heterocycles. The van der Waals surface area contributed by atoms with Crippen molar-refractivity contribution >= 4 is 23.1 Å². The molecule has 158 valence electrons. The van der Waals surface area contributed by atoms with Gasteiger partial charge in [0.25, 0.3) is 5.91 Å². The summed E-state index contributed by atoms with van der Waals surface area (Å²) in [6.45, 7) is 5.70. The number of benzene rings is 1. The number of aldehydes is 1. The van der Waals surface area contributed by atoms with Gasteiger partial charge in [-0.3, -0.25) is 9.80 Å². The average molecular weight is 399 g/mol. The van der Waals surface area contributed by atoms with Crippen molar-refractivity contribution < 1.29 is 9.59 Å². The Bertz CT molecular complexity index is 808. The van der Waals surface area contributed by atoms with Gasteiger partial charge in [-0.1, -0.05) is 44.9 Å². The van der Waals surface area contributed by atoms with Crippen molar-refractivity contribution in [1.82, 2.24) is 15.0 Å². The molecule has 2 atom stereocenters. The molecule has 1 aromatic carbocycles. The Morgan fingerprint density at radius 1 is 1.21 bits per heavy atom. The van der Waals surface area contributed by atoms with Crippen molar-refractivity contribution in [1.29, 1.82) is 0 Å². The number of hydrogen-bond acceptors (Lipinski definition) is 4. The van der Waals surface area contributed by atoms with Crippen LogP contribution >= 0.6 is 0 Å². The molecule has 0 spiro atoms. The van der Waals surface area contributed by atoms with Gasteiger partial charge < -0.3 is 15.5 Å². The van der Waals surface area contributed by atoms with Crippen LogP contribution in [0.2, 0.25) is 0 Å². The highest BCUT2D eigenvalue weighted by molar-refractivity contribution is 5.86. The van der Waals surface area contributed by atoms with Gasteiger partial charge in [0.15, 0.2) is 0 Å². The molecule has 1 aliphatic heterocycles. The van der Waals surface area contributed by atoms with Gasteiger partial charge in [-0.15, -0.1) is 0 Å². The largest absolute Gasteiger partial charge is 0.361 e. The molecule has 0 radical (unpaired) electrons. The van der Waals surface area contributed by atoms with Crippen LogP contribution in [0.5, 0.6) is 0 Å². The lowest BCUT2D eigenvalue weighted by Gasteiger charge is -2.39. The zero-order valence-electron chi connectivity index (χ0n) is 17.6. The van der Waals surface area contributed by atoms with E-state index in [1.165, 1.54) is 0 Å². The first-order valence-electron chi connectivity index (χ1n) is 10.8. The number of hydrazine groups is 1. The number of nitrogens with zero attached hydrogens (tertiary/aromatic N) is 2. The minimum atomic E-state index is -0.594. The number of aromatic amines is 1. The van der Waals surface area contributed by atoms with Crippen LogP contribution in [0, 0.1) is 5.92 Å². The normalized spacial score (nSPS) is 17.8. The highest BCUT2D eigenvalue weighted by Gasteiger charge is 2.33. The van der Waals surface area contributed by atoms with Gasteiger partial charge in [0.05, 0.1) is 6.04 Å². The molecule has 6 nitrogen and oxygen atoms in total. The number of H-pyrrole nitrogens is 1. The summed E-state index contributed by atoms with van der Waals surface area (Å²) in [4.78, 5) is 28.9. The van der Waals surface area contributed by atoms with Crippen LogP contribution in [0.4, 0.5) is 0 Å². The number of nitrogens with two attached hydrogens (primary N) is 1. The van der Waals surface area contributed by atoms with E-state index in [1.54, 1.807) is 5.01 Å². The zero-order chi connectivity index (χ0) is 20.8. The van der Waals surface area contributed by atoms with Gasteiger partial charge in [0.2, 0.25) is 0 Å². The van der Waals surface area contributed by atoms with Gasteiger partial charge in [0, 0.05) is 36.6 Å². The third kappa shape index (κ3) is 5.25. The van der Waals surface area contributed by atoms with E-state index in [4.69, 9.17) is 5.73 Å². The summed E-state index contributed by atoms with van der Waals surface area (Å²) in [5.74, 6) is 0.181. The summed E-state index contributed by atoms with van der Waals surface area (Å²) >= 11 is 0. The lowest BCUT2D eigenvalue weighted by molar-refractivity contribution is -0.159. The Labute approximate surface area is 173 Å². The predicted molar refractivity (Wildman–Crippen MR) is 116 cm³/mol. The predicted octanol–water partition coefficient (Wildman–Crippen LogP) is 3.27. The Morgan fingerprint density at radius 2 is 1.90 bits per heavy atom. The highest BCUT2D eigenvalue weighted by atomic mass is 16.2. The number of fused-ring (bicyclic) bond motifs is 1. The van der Waals surface area contributed by atoms with Gasteiger partial charge in [-0.05, 0) is 36.8 Å². The first-order chi connectivity index (χ1) is 14.0. The molecule has 0 saturated carbocycles. The summed E-state index contributed by atoms with van der Waals surface area (Å²) in [6.07, 6.45) is 8.32. The van der Waals surface area contributed by atoms with Crippen LogP contribution in [0.15, 0.2) is 30.5 Å². The molecule has 6 heteroatoms. The number of para-hydroxylation sites is 1. The SMILES string of the molecule is CC(C)C[C@H](N)C(=O)N([C@@H](C=O)Cc1c[nH]c2ccccc12)N1CCCCCC1. The van der Waals surface area contributed by atoms with Crippen LogP contribution in [0.3, 0.4) is 0 Å². The smallest absolute Gasteiger partial charge is 0.254 e. The van der Waals surface area contributed by atoms with E-state index in [2.05, 4.69) is 23.8 Å². The lowest BCUT2D eigenvalue weighted by atomic mass is 10.0. The second-order valence-corrected chi connectivity index (χ2v) is 8.55. The monoisotopic (exact) mass is 398 g/mol. The van der Waals surface area contributed by atoms with E-state index in [9.17, 15) is 9.59 Å². The van der Waals surface area contributed by atoms with Crippen molar-refractivity contribution in [2.45, 2.75) is 64.5 Å². The topological polar surface area (TPSA) is 82.4 Å². The standard InChI is InChI=1S/C23H34N4O2/c1-17(2)13-21(24)23(29)27(26-11-7-3-4-8-12-26)19(16-28)14-18-15-25-22-10-6-5-9-20(18)22/h5-6,9-10,15-17,19,21,25H,3-4,7-8,11-14,24H2,1-2H3/t19-,21+/m1/s1. The van der Waals surface area contributed by atoms with Crippen LogP contribution < -0.4 is 5.73 Å². The molecule has 0 bridgehead atoms. The molecule has 1 amide bonds. The highest BCUT2D eigenvalue weighted by Crippen LogP contribution is 2.23. The molecule has 1 fully saturated rings. The summed E-state index contributed by atoms with van der Waals surface area (Å²) in [6, 6.07) is 6.89. The zero-order valence-corrected chi connectivity index (χ0v) is 17.6. The van der Waals surface area contributed by atoms with E-state index in [0.29, 0.717) is 18.8 Å². The Kier molecular flexibility index (Phi) is 7.45. The summed E-state index contributed by atoms with van der Waals surface area (Å²) in [5.41, 5.74) is 8.36.